The molecular weight excluding hydrogens is 388 g/mol. The first-order chi connectivity index (χ1) is 14.0. The molecule has 7 heteroatoms. The minimum atomic E-state index is -1.39. The summed E-state index contributed by atoms with van der Waals surface area (Å²) in [5, 5.41) is 32.0. The SMILES string of the molecule is C=C1C(=O)C23C(O)CC4C(C)(COCO)CCCC4(C)C2C(OC(C)=O)CC1C3O. The van der Waals surface area contributed by atoms with Gasteiger partial charge in [-0.25, -0.2) is 0 Å². The highest BCUT2D eigenvalue weighted by atomic mass is 16.6. The molecule has 0 amide bonds. The third kappa shape index (κ3) is 2.65. The highest BCUT2D eigenvalue weighted by molar-refractivity contribution is 6.04. The van der Waals surface area contributed by atoms with Gasteiger partial charge < -0.3 is 24.8 Å². The van der Waals surface area contributed by atoms with E-state index >= 15 is 0 Å². The molecule has 4 saturated carbocycles. The Kier molecular flexibility index (Phi) is 5.21. The van der Waals surface area contributed by atoms with Crippen LogP contribution in [0.25, 0.3) is 0 Å². The molecule has 0 aromatic rings. The number of hydrogen-bond donors (Lipinski definition) is 3. The topological polar surface area (TPSA) is 113 Å². The van der Waals surface area contributed by atoms with Crippen molar-refractivity contribution in [2.45, 2.75) is 71.2 Å². The second kappa shape index (κ2) is 7.12. The summed E-state index contributed by atoms with van der Waals surface area (Å²) < 4.78 is 11.2. The van der Waals surface area contributed by atoms with E-state index in [0.717, 1.165) is 19.3 Å². The number of aliphatic hydroxyl groups is 3. The zero-order chi connectivity index (χ0) is 22.1. The van der Waals surface area contributed by atoms with Crippen molar-refractivity contribution in [1.29, 1.82) is 0 Å². The Morgan fingerprint density at radius 2 is 1.93 bits per heavy atom. The number of carbonyl (C=O) groups excluding carboxylic acids is 2. The summed E-state index contributed by atoms with van der Waals surface area (Å²) in [6.07, 6.45) is 0.623. The average Bonchev–Trinajstić information content (AvgIpc) is 2.78. The Bertz CT molecular complexity index is 765. The molecule has 9 unspecified atom stereocenters. The first kappa shape index (κ1) is 21.9. The highest BCUT2D eigenvalue weighted by Crippen LogP contribution is 2.71. The number of aliphatic hydroxyl groups excluding tert-OH is 3. The lowest BCUT2D eigenvalue weighted by molar-refractivity contribution is -0.261. The molecule has 0 aromatic carbocycles. The van der Waals surface area contributed by atoms with Gasteiger partial charge in [0, 0.05) is 18.8 Å². The maximum Gasteiger partial charge on any atom is 0.302 e. The van der Waals surface area contributed by atoms with Gasteiger partial charge in [-0.2, -0.15) is 0 Å². The van der Waals surface area contributed by atoms with Crippen LogP contribution in [-0.4, -0.2) is 58.8 Å². The fourth-order valence-electron chi connectivity index (χ4n) is 8.06. The van der Waals surface area contributed by atoms with Crippen LogP contribution in [0.2, 0.25) is 0 Å². The van der Waals surface area contributed by atoms with Crippen LogP contribution in [-0.2, 0) is 19.1 Å². The number of ether oxygens (including phenoxy) is 2. The number of rotatable bonds is 4. The van der Waals surface area contributed by atoms with Crippen molar-refractivity contribution >= 4 is 11.8 Å². The van der Waals surface area contributed by atoms with Crippen LogP contribution in [0.5, 0.6) is 0 Å². The van der Waals surface area contributed by atoms with Crippen LogP contribution in [0, 0.1) is 34.0 Å². The molecule has 4 aliphatic rings. The first-order valence-corrected chi connectivity index (χ1v) is 11.0. The summed E-state index contributed by atoms with van der Waals surface area (Å²) in [6.45, 7) is 9.50. The molecule has 30 heavy (non-hydrogen) atoms. The van der Waals surface area contributed by atoms with E-state index in [1.807, 2.05) is 0 Å². The third-order valence-electron chi connectivity index (χ3n) is 9.04. The second-order valence-corrected chi connectivity index (χ2v) is 10.5. The highest BCUT2D eigenvalue weighted by Gasteiger charge is 2.76. The van der Waals surface area contributed by atoms with Gasteiger partial charge in [0.05, 0.1) is 24.2 Å². The number of fused-ring (bicyclic) bond motifs is 3. The van der Waals surface area contributed by atoms with Gasteiger partial charge in [0.25, 0.3) is 0 Å². The van der Waals surface area contributed by atoms with Gasteiger partial charge >= 0.3 is 5.97 Å². The Balaban J connectivity index is 1.86. The molecule has 7 nitrogen and oxygen atoms in total. The number of esters is 1. The zero-order valence-electron chi connectivity index (χ0n) is 18.1. The van der Waals surface area contributed by atoms with Crippen LogP contribution in [0.3, 0.4) is 0 Å². The molecule has 0 aliphatic heterocycles. The Morgan fingerprint density at radius 1 is 1.23 bits per heavy atom. The monoisotopic (exact) mass is 422 g/mol. The van der Waals surface area contributed by atoms with Gasteiger partial charge in [0.2, 0.25) is 0 Å². The maximum absolute atomic E-state index is 13.5. The maximum atomic E-state index is 13.5. The summed E-state index contributed by atoms with van der Waals surface area (Å²) in [4.78, 5) is 25.5. The predicted octanol–water partition coefficient (Wildman–Crippen LogP) is 1.58. The van der Waals surface area contributed by atoms with Crippen LogP contribution >= 0.6 is 0 Å². The van der Waals surface area contributed by atoms with E-state index in [0.29, 0.717) is 25.0 Å². The van der Waals surface area contributed by atoms with E-state index < -0.39 is 46.9 Å². The third-order valence-corrected chi connectivity index (χ3v) is 9.04. The summed E-state index contributed by atoms with van der Waals surface area (Å²) in [5.41, 5.74) is -1.80. The van der Waals surface area contributed by atoms with Crippen LogP contribution in [0.1, 0.15) is 52.9 Å². The van der Waals surface area contributed by atoms with Crippen molar-refractivity contribution in [3.8, 4) is 0 Å². The lowest BCUT2D eigenvalue weighted by Crippen LogP contribution is -2.70. The molecule has 4 aliphatic carbocycles. The lowest BCUT2D eigenvalue weighted by atomic mass is 9.39. The summed E-state index contributed by atoms with van der Waals surface area (Å²) >= 11 is 0. The van der Waals surface area contributed by atoms with Crippen LogP contribution in [0.15, 0.2) is 12.2 Å². The van der Waals surface area contributed by atoms with E-state index in [1.165, 1.54) is 6.92 Å². The van der Waals surface area contributed by atoms with E-state index in [4.69, 9.17) is 9.47 Å². The van der Waals surface area contributed by atoms with Crippen molar-refractivity contribution in [2.75, 3.05) is 13.4 Å². The van der Waals surface area contributed by atoms with Crippen molar-refractivity contribution in [3.63, 3.8) is 0 Å². The smallest absolute Gasteiger partial charge is 0.302 e. The van der Waals surface area contributed by atoms with E-state index in [9.17, 15) is 24.9 Å². The molecule has 4 rings (SSSR count). The van der Waals surface area contributed by atoms with Gasteiger partial charge in [-0.05, 0) is 48.0 Å². The lowest BCUT2D eigenvalue weighted by Gasteiger charge is -2.66. The van der Waals surface area contributed by atoms with Crippen molar-refractivity contribution in [2.24, 2.45) is 34.0 Å². The van der Waals surface area contributed by atoms with Crippen LogP contribution < -0.4 is 0 Å². The fourth-order valence-corrected chi connectivity index (χ4v) is 8.06. The molecule has 168 valence electrons. The fraction of sp³-hybridized carbons (Fsp3) is 0.826. The molecule has 1 spiro atoms. The van der Waals surface area contributed by atoms with Gasteiger partial charge in [0.15, 0.2) is 5.78 Å². The normalized spacial score (nSPS) is 50.1. The summed E-state index contributed by atoms with van der Waals surface area (Å²) in [7, 11) is 0. The Hall–Kier alpha value is -1.28. The molecule has 0 heterocycles. The van der Waals surface area contributed by atoms with Crippen molar-refractivity contribution < 1.29 is 34.4 Å². The van der Waals surface area contributed by atoms with Gasteiger partial charge in [-0.3, -0.25) is 9.59 Å². The largest absolute Gasteiger partial charge is 0.462 e. The minimum Gasteiger partial charge on any atom is -0.462 e. The molecule has 4 fully saturated rings. The molecule has 2 bridgehead atoms. The average molecular weight is 423 g/mol. The van der Waals surface area contributed by atoms with E-state index in [1.54, 1.807) is 0 Å². The number of carbonyl (C=O) groups is 2. The number of Topliss-reactive ketones (excluding diaryl/α,β-unsaturated/α-hetero) is 1. The van der Waals surface area contributed by atoms with Crippen LogP contribution in [0.4, 0.5) is 0 Å². The van der Waals surface area contributed by atoms with Gasteiger partial charge in [-0.1, -0.05) is 26.8 Å². The zero-order valence-corrected chi connectivity index (χ0v) is 18.1. The molecule has 0 saturated heterocycles. The molecule has 0 radical (unpaired) electrons. The number of hydrogen-bond acceptors (Lipinski definition) is 7. The van der Waals surface area contributed by atoms with Gasteiger partial charge in [0.1, 0.15) is 12.9 Å². The molecular formula is C23H34O7. The van der Waals surface area contributed by atoms with Crippen molar-refractivity contribution in [1.82, 2.24) is 0 Å². The molecule has 9 atom stereocenters. The predicted molar refractivity (Wildman–Crippen MR) is 107 cm³/mol. The number of ketones is 1. The Morgan fingerprint density at radius 3 is 2.57 bits per heavy atom. The van der Waals surface area contributed by atoms with Crippen molar-refractivity contribution in [3.05, 3.63) is 12.2 Å². The minimum absolute atomic E-state index is 0.0144. The Labute approximate surface area is 177 Å². The van der Waals surface area contributed by atoms with Gasteiger partial charge in [-0.15, -0.1) is 0 Å². The molecule has 3 N–H and O–H groups in total. The van der Waals surface area contributed by atoms with E-state index in [2.05, 4.69) is 20.4 Å². The standard InChI is InChI=1S/C23H34O7/c1-12-14-8-15(30-13(2)25)18-22(4)7-5-6-21(3,10-29-11-24)16(22)9-17(26)23(18,19(12)27)20(14)28/h14-18,20,24,26,28H,1,5-11H2,2-4H3. The second-order valence-electron chi connectivity index (χ2n) is 10.5. The summed E-state index contributed by atoms with van der Waals surface area (Å²) in [5.74, 6) is -1.72. The molecule has 0 aromatic heterocycles. The van der Waals surface area contributed by atoms with E-state index in [-0.39, 0.29) is 23.9 Å². The summed E-state index contributed by atoms with van der Waals surface area (Å²) in [6, 6.07) is 0. The quantitative estimate of drug-likeness (QED) is 0.358. The first-order valence-electron chi connectivity index (χ1n) is 11.0.